The molecule has 10 heteroatoms. The normalized spacial score (nSPS) is 11.9. The predicted molar refractivity (Wildman–Crippen MR) is 119 cm³/mol. The lowest BCUT2D eigenvalue weighted by Gasteiger charge is -2.05. The molecule has 160 valence electrons. The van der Waals surface area contributed by atoms with Crippen molar-refractivity contribution in [3.05, 3.63) is 69.0 Å². The lowest BCUT2D eigenvalue weighted by molar-refractivity contribution is -0.384. The number of amides is 2. The van der Waals surface area contributed by atoms with E-state index in [4.69, 9.17) is 4.74 Å². The van der Waals surface area contributed by atoms with Crippen LogP contribution in [0.1, 0.15) is 12.5 Å². The van der Waals surface area contributed by atoms with Crippen LogP contribution >= 0.6 is 11.3 Å². The predicted octanol–water partition coefficient (Wildman–Crippen LogP) is 3.36. The molecule has 0 aliphatic carbocycles. The van der Waals surface area contributed by atoms with Gasteiger partial charge in [-0.05, 0) is 29.8 Å². The number of hydrogen-bond acceptors (Lipinski definition) is 6. The fourth-order valence-corrected chi connectivity index (χ4v) is 3.98. The molecule has 0 unspecified atom stereocenters. The van der Waals surface area contributed by atoms with Crippen LogP contribution in [0.4, 0.5) is 11.4 Å². The van der Waals surface area contributed by atoms with Crippen LogP contribution < -0.4 is 10.1 Å². The number of nitrogens with one attached hydrogen (secondary N) is 1. The van der Waals surface area contributed by atoms with Gasteiger partial charge in [0.2, 0.25) is 5.91 Å². The Morgan fingerprint density at radius 3 is 2.81 bits per heavy atom. The zero-order valence-corrected chi connectivity index (χ0v) is 17.7. The zero-order chi connectivity index (χ0) is 22.4. The number of rotatable bonds is 7. The van der Waals surface area contributed by atoms with Crippen molar-refractivity contribution in [2.75, 3.05) is 19.0 Å². The minimum atomic E-state index is -0.494. The summed E-state index contributed by atoms with van der Waals surface area (Å²) in [5.41, 5.74) is 2.00. The van der Waals surface area contributed by atoms with Crippen LogP contribution in [0, 0.1) is 10.1 Å². The summed E-state index contributed by atoms with van der Waals surface area (Å²) in [4.78, 5) is 38.8. The lowest BCUT2D eigenvalue weighted by Crippen LogP contribution is -2.18. The molecule has 3 rings (SSSR count). The number of benzene rings is 2. The van der Waals surface area contributed by atoms with Gasteiger partial charge in [-0.1, -0.05) is 23.5 Å². The molecule has 1 aromatic heterocycles. The maximum atomic E-state index is 12.4. The molecular weight excluding hydrogens is 420 g/mol. The average molecular weight is 440 g/mol. The van der Waals surface area contributed by atoms with E-state index in [-0.39, 0.29) is 11.6 Å². The van der Waals surface area contributed by atoms with E-state index in [0.29, 0.717) is 29.2 Å². The summed E-state index contributed by atoms with van der Waals surface area (Å²) < 4.78 is 7.90. The van der Waals surface area contributed by atoms with E-state index in [1.807, 2.05) is 16.7 Å². The average Bonchev–Trinajstić information content (AvgIpc) is 3.06. The molecule has 1 N–H and O–H groups in total. The zero-order valence-electron chi connectivity index (χ0n) is 16.9. The summed E-state index contributed by atoms with van der Waals surface area (Å²) in [5.74, 6) is -0.666. The molecule has 0 saturated heterocycles. The van der Waals surface area contributed by atoms with Gasteiger partial charge in [0.05, 0.1) is 21.7 Å². The van der Waals surface area contributed by atoms with Gasteiger partial charge in [0.15, 0.2) is 4.80 Å². The summed E-state index contributed by atoms with van der Waals surface area (Å²) in [6, 6.07) is 11.4. The smallest absolute Gasteiger partial charge is 0.272 e. The highest BCUT2D eigenvalue weighted by molar-refractivity contribution is 7.16. The third kappa shape index (κ3) is 5.71. The molecule has 2 aromatic carbocycles. The van der Waals surface area contributed by atoms with Gasteiger partial charge in [0, 0.05) is 44.5 Å². The molecule has 0 atom stereocenters. The van der Waals surface area contributed by atoms with Crippen LogP contribution in [0.15, 0.2) is 53.5 Å². The Kier molecular flexibility index (Phi) is 7.06. The molecule has 0 aliphatic heterocycles. The molecule has 3 aromatic rings. The van der Waals surface area contributed by atoms with Crippen molar-refractivity contribution in [1.82, 2.24) is 4.57 Å². The van der Waals surface area contributed by atoms with E-state index in [1.165, 1.54) is 42.5 Å². The van der Waals surface area contributed by atoms with Crippen molar-refractivity contribution in [3.8, 4) is 0 Å². The highest BCUT2D eigenvalue weighted by Crippen LogP contribution is 2.22. The maximum Gasteiger partial charge on any atom is 0.272 e. The number of carbonyl (C=O) groups is 2. The van der Waals surface area contributed by atoms with Crippen LogP contribution in [0.25, 0.3) is 16.3 Å². The Bertz CT molecular complexity index is 1240. The molecule has 0 saturated carbocycles. The van der Waals surface area contributed by atoms with Crippen LogP contribution in [-0.2, 0) is 20.9 Å². The summed E-state index contributed by atoms with van der Waals surface area (Å²) in [5, 5.41) is 13.6. The van der Waals surface area contributed by atoms with E-state index in [2.05, 4.69) is 10.3 Å². The van der Waals surface area contributed by atoms with Crippen molar-refractivity contribution in [2.24, 2.45) is 4.99 Å². The maximum absolute atomic E-state index is 12.4. The number of aromatic nitrogens is 1. The standard InChI is InChI=1S/C21H20N4O5S/c1-14(26)22-16-7-8-18-19(13-16)31-21(24(18)10-11-30-2)23-20(27)9-6-15-4-3-5-17(12-15)25(28)29/h3-9,12-13H,10-11H2,1-2H3,(H,22,26). The van der Waals surface area contributed by atoms with Gasteiger partial charge in [-0.3, -0.25) is 19.7 Å². The van der Waals surface area contributed by atoms with Gasteiger partial charge in [0.25, 0.3) is 11.6 Å². The minimum Gasteiger partial charge on any atom is -0.383 e. The number of carbonyl (C=O) groups excluding carboxylic acids is 2. The first kappa shape index (κ1) is 22.1. The Morgan fingerprint density at radius 2 is 2.10 bits per heavy atom. The quantitative estimate of drug-likeness (QED) is 0.344. The largest absolute Gasteiger partial charge is 0.383 e. The van der Waals surface area contributed by atoms with Gasteiger partial charge < -0.3 is 14.6 Å². The molecule has 0 radical (unpaired) electrons. The van der Waals surface area contributed by atoms with Gasteiger partial charge in [-0.25, -0.2) is 0 Å². The van der Waals surface area contributed by atoms with Crippen molar-refractivity contribution in [1.29, 1.82) is 0 Å². The Hall–Kier alpha value is -3.63. The number of nitro groups is 1. The molecule has 0 bridgehead atoms. The first-order valence-corrected chi connectivity index (χ1v) is 10.1. The van der Waals surface area contributed by atoms with E-state index >= 15 is 0 Å². The number of anilines is 1. The van der Waals surface area contributed by atoms with Crippen molar-refractivity contribution < 1.29 is 19.2 Å². The summed E-state index contributed by atoms with van der Waals surface area (Å²) in [6.07, 6.45) is 2.76. The minimum absolute atomic E-state index is 0.0524. The molecule has 0 fully saturated rings. The number of methoxy groups -OCH3 is 1. The first-order chi connectivity index (χ1) is 14.9. The Morgan fingerprint density at radius 1 is 1.29 bits per heavy atom. The van der Waals surface area contributed by atoms with Gasteiger partial charge in [-0.2, -0.15) is 4.99 Å². The molecule has 0 spiro atoms. The number of nitro benzene ring substituents is 1. The van der Waals surface area contributed by atoms with Crippen LogP contribution in [0.2, 0.25) is 0 Å². The van der Waals surface area contributed by atoms with Crippen LogP contribution in [0.5, 0.6) is 0 Å². The molecule has 9 nitrogen and oxygen atoms in total. The van der Waals surface area contributed by atoms with Crippen molar-refractivity contribution in [2.45, 2.75) is 13.5 Å². The highest BCUT2D eigenvalue weighted by Gasteiger charge is 2.09. The topological polar surface area (TPSA) is 116 Å². The fraction of sp³-hybridized carbons (Fsp3) is 0.190. The number of thiazole rings is 1. The van der Waals surface area contributed by atoms with Crippen LogP contribution in [-0.4, -0.2) is 35.0 Å². The third-order valence-electron chi connectivity index (χ3n) is 4.23. The number of hydrogen-bond donors (Lipinski definition) is 1. The number of ether oxygens (including phenoxy) is 1. The fourth-order valence-electron chi connectivity index (χ4n) is 2.88. The van der Waals surface area contributed by atoms with Gasteiger partial charge in [-0.15, -0.1) is 0 Å². The second-order valence-electron chi connectivity index (χ2n) is 6.53. The SMILES string of the molecule is COCCn1c(=NC(=O)C=Cc2cccc([N+](=O)[O-])c2)sc2cc(NC(C)=O)ccc21. The monoisotopic (exact) mass is 440 g/mol. The molecule has 31 heavy (non-hydrogen) atoms. The Balaban J connectivity index is 1.95. The molecule has 2 amide bonds. The van der Waals surface area contributed by atoms with E-state index in [0.717, 1.165) is 10.2 Å². The Labute approximate surface area is 181 Å². The highest BCUT2D eigenvalue weighted by atomic mass is 32.1. The van der Waals surface area contributed by atoms with Crippen LogP contribution in [0.3, 0.4) is 0 Å². The van der Waals surface area contributed by atoms with E-state index in [1.54, 1.807) is 25.3 Å². The molecular formula is C21H20N4O5S. The third-order valence-corrected chi connectivity index (χ3v) is 5.27. The van der Waals surface area contributed by atoms with E-state index < -0.39 is 10.8 Å². The molecule has 1 heterocycles. The second-order valence-corrected chi connectivity index (χ2v) is 7.54. The summed E-state index contributed by atoms with van der Waals surface area (Å²) in [7, 11) is 1.59. The summed E-state index contributed by atoms with van der Waals surface area (Å²) >= 11 is 1.32. The van der Waals surface area contributed by atoms with Crippen molar-refractivity contribution >= 4 is 50.8 Å². The van der Waals surface area contributed by atoms with Crippen molar-refractivity contribution in [3.63, 3.8) is 0 Å². The number of non-ortho nitro benzene ring substituents is 1. The van der Waals surface area contributed by atoms with Gasteiger partial charge >= 0.3 is 0 Å². The summed E-state index contributed by atoms with van der Waals surface area (Å²) in [6.45, 7) is 2.37. The molecule has 0 aliphatic rings. The van der Waals surface area contributed by atoms with E-state index in [9.17, 15) is 19.7 Å². The number of nitrogens with zero attached hydrogens (tertiary/aromatic N) is 3. The lowest BCUT2D eigenvalue weighted by atomic mass is 10.2. The second kappa shape index (κ2) is 9.92. The number of fused-ring (bicyclic) bond motifs is 1. The first-order valence-electron chi connectivity index (χ1n) is 9.28. The van der Waals surface area contributed by atoms with Gasteiger partial charge in [0.1, 0.15) is 0 Å².